The predicted octanol–water partition coefficient (Wildman–Crippen LogP) is 3.88. The third-order valence-electron chi connectivity index (χ3n) is 2.96. The lowest BCUT2D eigenvalue weighted by atomic mass is 10.1. The van der Waals surface area contributed by atoms with Gasteiger partial charge in [-0.3, -0.25) is 0 Å². The Labute approximate surface area is 123 Å². The van der Waals surface area contributed by atoms with Crippen LogP contribution in [0, 0.1) is 0 Å². The zero-order chi connectivity index (χ0) is 15.1. The molecule has 2 aromatic carbocycles. The van der Waals surface area contributed by atoms with E-state index in [0.29, 0.717) is 5.56 Å². The number of hydrogen-bond acceptors (Lipinski definition) is 2. The smallest absolute Gasteiger partial charge is 0.336 e. The second-order valence-corrected chi connectivity index (χ2v) is 4.39. The summed E-state index contributed by atoms with van der Waals surface area (Å²) >= 11 is 0. The number of rotatable bonds is 5. The van der Waals surface area contributed by atoms with Gasteiger partial charge in [0.15, 0.2) is 0 Å². The summed E-state index contributed by atoms with van der Waals surface area (Å²) in [7, 11) is 1.61. The van der Waals surface area contributed by atoms with Crippen LogP contribution in [0.4, 0.5) is 0 Å². The van der Waals surface area contributed by atoms with Crippen LogP contribution in [0.1, 0.15) is 11.1 Å². The molecule has 2 aromatic rings. The molecular formula is C18H16O3. The maximum atomic E-state index is 11.3. The largest absolute Gasteiger partial charge is 0.497 e. The van der Waals surface area contributed by atoms with Crippen molar-refractivity contribution in [3.8, 4) is 5.75 Å². The molecule has 2 rings (SSSR count). The lowest BCUT2D eigenvalue weighted by Crippen LogP contribution is -1.98. The van der Waals surface area contributed by atoms with Gasteiger partial charge in [-0.25, -0.2) is 4.79 Å². The molecule has 3 nitrogen and oxygen atoms in total. The summed E-state index contributed by atoms with van der Waals surface area (Å²) in [6, 6.07) is 16.6. The Morgan fingerprint density at radius 1 is 1.10 bits per heavy atom. The molecule has 0 aliphatic carbocycles. The highest BCUT2D eigenvalue weighted by molar-refractivity contribution is 6.15. The number of carboxylic acid groups (broad SMARTS) is 1. The molecule has 0 saturated carbocycles. The predicted molar refractivity (Wildman–Crippen MR) is 84.1 cm³/mol. The number of aliphatic carboxylic acids is 1. The molecule has 3 heteroatoms. The number of carbonyl (C=O) groups is 1. The van der Waals surface area contributed by atoms with Crippen LogP contribution >= 0.6 is 0 Å². The third-order valence-corrected chi connectivity index (χ3v) is 2.96. The Balaban J connectivity index is 2.24. The molecule has 0 bridgehead atoms. The Morgan fingerprint density at radius 2 is 1.86 bits per heavy atom. The van der Waals surface area contributed by atoms with E-state index in [2.05, 4.69) is 0 Å². The first-order valence-corrected chi connectivity index (χ1v) is 6.52. The van der Waals surface area contributed by atoms with Gasteiger partial charge in [0.25, 0.3) is 0 Å². The summed E-state index contributed by atoms with van der Waals surface area (Å²) in [4.78, 5) is 11.3. The molecule has 0 fully saturated rings. The molecule has 0 spiro atoms. The molecule has 0 radical (unpaired) electrons. The van der Waals surface area contributed by atoms with Crippen LogP contribution in [0.25, 0.3) is 11.6 Å². The summed E-state index contributed by atoms with van der Waals surface area (Å²) < 4.78 is 5.15. The van der Waals surface area contributed by atoms with E-state index in [4.69, 9.17) is 4.74 Å². The number of carboxylic acids is 1. The molecule has 0 heterocycles. The van der Waals surface area contributed by atoms with Crippen LogP contribution in [0.5, 0.6) is 5.75 Å². The van der Waals surface area contributed by atoms with Crippen molar-refractivity contribution in [2.75, 3.05) is 7.11 Å². The highest BCUT2D eigenvalue weighted by atomic mass is 16.5. The zero-order valence-electron chi connectivity index (χ0n) is 11.7. The Bertz CT molecular complexity index is 670. The maximum absolute atomic E-state index is 11.3. The van der Waals surface area contributed by atoms with Gasteiger partial charge in [0.2, 0.25) is 0 Å². The minimum Gasteiger partial charge on any atom is -0.497 e. The first-order chi connectivity index (χ1) is 10.2. The van der Waals surface area contributed by atoms with Gasteiger partial charge in [0.05, 0.1) is 12.7 Å². The standard InChI is InChI=1S/C18H16O3/c1-21-16-11-5-7-14(13-16)8-6-12-17(18(19)20)15-9-3-2-4-10-15/h2-13H,1H3,(H,19,20). The van der Waals surface area contributed by atoms with Gasteiger partial charge >= 0.3 is 5.97 Å². The van der Waals surface area contributed by atoms with Crippen molar-refractivity contribution in [1.82, 2.24) is 0 Å². The van der Waals surface area contributed by atoms with E-state index in [1.807, 2.05) is 48.5 Å². The average molecular weight is 280 g/mol. The normalized spacial score (nSPS) is 11.6. The fourth-order valence-corrected chi connectivity index (χ4v) is 1.91. The first kappa shape index (κ1) is 14.6. The molecule has 106 valence electrons. The number of methoxy groups -OCH3 is 1. The van der Waals surface area contributed by atoms with Crippen LogP contribution in [0.2, 0.25) is 0 Å². The van der Waals surface area contributed by atoms with E-state index in [-0.39, 0.29) is 5.57 Å². The summed E-state index contributed by atoms with van der Waals surface area (Å²) in [6.07, 6.45) is 5.16. The van der Waals surface area contributed by atoms with Crippen LogP contribution in [-0.2, 0) is 4.79 Å². The Hall–Kier alpha value is -2.81. The van der Waals surface area contributed by atoms with E-state index in [1.165, 1.54) is 0 Å². The van der Waals surface area contributed by atoms with E-state index < -0.39 is 5.97 Å². The van der Waals surface area contributed by atoms with E-state index in [1.54, 1.807) is 31.4 Å². The Morgan fingerprint density at radius 3 is 2.52 bits per heavy atom. The number of benzene rings is 2. The molecule has 0 atom stereocenters. The molecule has 0 unspecified atom stereocenters. The van der Waals surface area contributed by atoms with Crippen molar-refractivity contribution in [3.63, 3.8) is 0 Å². The number of hydrogen-bond donors (Lipinski definition) is 1. The molecule has 0 aromatic heterocycles. The van der Waals surface area contributed by atoms with Gasteiger partial charge in [0.1, 0.15) is 5.75 Å². The topological polar surface area (TPSA) is 46.5 Å². The van der Waals surface area contributed by atoms with E-state index >= 15 is 0 Å². The number of ether oxygens (including phenoxy) is 1. The van der Waals surface area contributed by atoms with Crippen LogP contribution in [-0.4, -0.2) is 18.2 Å². The average Bonchev–Trinajstić information content (AvgIpc) is 2.52. The van der Waals surface area contributed by atoms with E-state index in [9.17, 15) is 9.90 Å². The van der Waals surface area contributed by atoms with Crippen molar-refractivity contribution in [2.45, 2.75) is 0 Å². The fraction of sp³-hybridized carbons (Fsp3) is 0.0556. The minimum absolute atomic E-state index is 0.259. The van der Waals surface area contributed by atoms with Gasteiger partial charge in [0, 0.05) is 0 Å². The van der Waals surface area contributed by atoms with Crippen LogP contribution in [0.15, 0.2) is 66.7 Å². The van der Waals surface area contributed by atoms with Gasteiger partial charge in [-0.2, -0.15) is 0 Å². The third kappa shape index (κ3) is 4.08. The quantitative estimate of drug-likeness (QED) is 0.668. The second kappa shape index (κ2) is 7.10. The number of allylic oxidation sites excluding steroid dienone is 2. The lowest BCUT2D eigenvalue weighted by Gasteiger charge is -2.01. The first-order valence-electron chi connectivity index (χ1n) is 6.52. The summed E-state index contributed by atoms with van der Waals surface area (Å²) in [5, 5.41) is 9.28. The molecule has 0 amide bonds. The fourth-order valence-electron chi connectivity index (χ4n) is 1.91. The van der Waals surface area contributed by atoms with E-state index in [0.717, 1.165) is 11.3 Å². The monoisotopic (exact) mass is 280 g/mol. The van der Waals surface area contributed by atoms with Crippen molar-refractivity contribution in [3.05, 3.63) is 77.9 Å². The van der Waals surface area contributed by atoms with Crippen molar-refractivity contribution in [1.29, 1.82) is 0 Å². The second-order valence-electron chi connectivity index (χ2n) is 4.39. The maximum Gasteiger partial charge on any atom is 0.336 e. The molecular weight excluding hydrogens is 264 g/mol. The zero-order valence-corrected chi connectivity index (χ0v) is 11.7. The summed E-state index contributed by atoms with van der Waals surface area (Å²) in [6.45, 7) is 0. The highest BCUT2D eigenvalue weighted by Crippen LogP contribution is 2.16. The van der Waals surface area contributed by atoms with Crippen LogP contribution in [0.3, 0.4) is 0 Å². The Kier molecular flexibility index (Phi) is 4.94. The van der Waals surface area contributed by atoms with Crippen molar-refractivity contribution in [2.24, 2.45) is 0 Å². The SMILES string of the molecule is COc1cccc(C=CC=C(C(=O)O)c2ccccc2)c1. The van der Waals surface area contributed by atoms with Gasteiger partial charge < -0.3 is 9.84 Å². The highest BCUT2D eigenvalue weighted by Gasteiger charge is 2.07. The molecule has 1 N–H and O–H groups in total. The summed E-state index contributed by atoms with van der Waals surface area (Å²) in [5.41, 5.74) is 1.89. The van der Waals surface area contributed by atoms with Gasteiger partial charge in [-0.05, 0) is 29.3 Å². The minimum atomic E-state index is -0.948. The lowest BCUT2D eigenvalue weighted by molar-refractivity contribution is -0.130. The van der Waals surface area contributed by atoms with Crippen molar-refractivity contribution < 1.29 is 14.6 Å². The van der Waals surface area contributed by atoms with Crippen LogP contribution < -0.4 is 4.74 Å². The molecule has 0 saturated heterocycles. The molecule has 0 aliphatic rings. The van der Waals surface area contributed by atoms with Gasteiger partial charge in [-0.15, -0.1) is 0 Å². The van der Waals surface area contributed by atoms with Gasteiger partial charge in [-0.1, -0.05) is 54.6 Å². The molecule has 0 aliphatic heterocycles. The summed E-state index contributed by atoms with van der Waals surface area (Å²) in [5.74, 6) is -0.181. The van der Waals surface area contributed by atoms with Crippen molar-refractivity contribution >= 4 is 17.6 Å². The molecule has 21 heavy (non-hydrogen) atoms.